The van der Waals surface area contributed by atoms with Crippen LogP contribution >= 0.6 is 0 Å². The van der Waals surface area contributed by atoms with Crippen LogP contribution in [0.15, 0.2) is 36.7 Å². The molecular formula is C14H14N6. The lowest BCUT2D eigenvalue weighted by Gasteiger charge is -2.10. The van der Waals surface area contributed by atoms with Crippen molar-refractivity contribution >= 4 is 11.4 Å². The number of nitrogen functional groups attached to an aromatic ring is 1. The van der Waals surface area contributed by atoms with Gasteiger partial charge in [-0.1, -0.05) is 0 Å². The maximum absolute atomic E-state index is 8.44. The number of nitriles is 2. The Balaban J connectivity index is 0.000000204. The normalized spacial score (nSPS) is 8.60. The van der Waals surface area contributed by atoms with Gasteiger partial charge >= 0.3 is 0 Å². The van der Waals surface area contributed by atoms with Crippen molar-refractivity contribution in [2.75, 3.05) is 24.7 Å². The monoisotopic (exact) mass is 266 g/mol. The van der Waals surface area contributed by atoms with Gasteiger partial charge in [-0.3, -0.25) is 0 Å². The van der Waals surface area contributed by atoms with Crippen molar-refractivity contribution < 1.29 is 0 Å². The number of rotatable bonds is 1. The molecule has 6 heteroatoms. The van der Waals surface area contributed by atoms with Gasteiger partial charge < -0.3 is 10.6 Å². The standard InChI is InChI=1S/C8H9N3.C6H5N3/c1-11(2)8-4-3-7(5-9)10-6-8;7-3-6-2-1-5(8)4-9-6/h3-4,6H,1-2H3;1-2,4H,8H2. The van der Waals surface area contributed by atoms with E-state index < -0.39 is 0 Å². The summed E-state index contributed by atoms with van der Waals surface area (Å²) in [7, 11) is 3.87. The lowest BCUT2D eigenvalue weighted by Crippen LogP contribution is -2.08. The summed E-state index contributed by atoms with van der Waals surface area (Å²) in [5, 5.41) is 16.7. The number of aromatic nitrogens is 2. The fourth-order valence-electron chi connectivity index (χ4n) is 1.19. The molecule has 0 spiro atoms. The first kappa shape index (κ1) is 14.9. The van der Waals surface area contributed by atoms with Crippen molar-refractivity contribution in [3.05, 3.63) is 48.0 Å². The van der Waals surface area contributed by atoms with Gasteiger partial charge in [-0.15, -0.1) is 0 Å². The number of pyridine rings is 2. The zero-order valence-corrected chi connectivity index (χ0v) is 11.3. The fraction of sp³-hybridized carbons (Fsp3) is 0.143. The van der Waals surface area contributed by atoms with Gasteiger partial charge in [-0.2, -0.15) is 10.5 Å². The zero-order valence-electron chi connectivity index (χ0n) is 11.3. The Labute approximate surface area is 117 Å². The molecule has 0 radical (unpaired) electrons. The lowest BCUT2D eigenvalue weighted by molar-refractivity contribution is 1.10. The van der Waals surface area contributed by atoms with Crippen molar-refractivity contribution in [1.82, 2.24) is 9.97 Å². The first-order valence-corrected chi connectivity index (χ1v) is 5.72. The van der Waals surface area contributed by atoms with Gasteiger partial charge in [0.25, 0.3) is 0 Å². The summed E-state index contributed by atoms with van der Waals surface area (Å²) in [6.45, 7) is 0. The first-order valence-electron chi connectivity index (χ1n) is 5.72. The predicted molar refractivity (Wildman–Crippen MR) is 76.6 cm³/mol. The van der Waals surface area contributed by atoms with Crippen LogP contribution in [0.4, 0.5) is 11.4 Å². The number of nitrogens with two attached hydrogens (primary N) is 1. The van der Waals surface area contributed by atoms with Crippen molar-refractivity contribution in [3.8, 4) is 12.1 Å². The molecule has 2 aromatic rings. The Morgan fingerprint density at radius 3 is 1.85 bits per heavy atom. The highest BCUT2D eigenvalue weighted by atomic mass is 15.1. The SMILES string of the molecule is CN(C)c1ccc(C#N)nc1.N#Cc1ccc(N)cn1. The fourth-order valence-corrected chi connectivity index (χ4v) is 1.19. The maximum Gasteiger partial charge on any atom is 0.140 e. The van der Waals surface area contributed by atoms with Crippen molar-refractivity contribution in [3.63, 3.8) is 0 Å². The summed E-state index contributed by atoms with van der Waals surface area (Å²) in [4.78, 5) is 9.56. The van der Waals surface area contributed by atoms with E-state index in [0.717, 1.165) is 5.69 Å². The van der Waals surface area contributed by atoms with E-state index in [1.165, 1.54) is 6.20 Å². The molecule has 2 heterocycles. The summed E-state index contributed by atoms with van der Waals surface area (Å²) in [5.74, 6) is 0. The van der Waals surface area contributed by atoms with Crippen molar-refractivity contribution in [2.45, 2.75) is 0 Å². The highest BCUT2D eigenvalue weighted by Crippen LogP contribution is 2.07. The van der Waals surface area contributed by atoms with Crippen LogP contribution in [0, 0.1) is 22.7 Å². The molecule has 0 aliphatic rings. The van der Waals surface area contributed by atoms with E-state index in [0.29, 0.717) is 17.1 Å². The molecule has 0 fully saturated rings. The van der Waals surface area contributed by atoms with Crippen LogP contribution in [0.2, 0.25) is 0 Å². The van der Waals surface area contributed by atoms with Gasteiger partial charge in [0.1, 0.15) is 23.5 Å². The predicted octanol–water partition coefficient (Wildman–Crippen LogP) is 1.55. The number of anilines is 2. The molecule has 6 nitrogen and oxygen atoms in total. The molecular weight excluding hydrogens is 252 g/mol. The van der Waals surface area contributed by atoms with Crippen molar-refractivity contribution in [1.29, 1.82) is 10.5 Å². The van der Waals surface area contributed by atoms with Crippen LogP contribution in [0.25, 0.3) is 0 Å². The largest absolute Gasteiger partial charge is 0.397 e. The molecule has 0 saturated carbocycles. The molecule has 2 aromatic heterocycles. The molecule has 0 aliphatic heterocycles. The van der Waals surface area contributed by atoms with Crippen molar-refractivity contribution in [2.24, 2.45) is 0 Å². The second-order valence-electron chi connectivity index (χ2n) is 4.00. The molecule has 0 aromatic carbocycles. The Kier molecular flexibility index (Phi) is 5.49. The average molecular weight is 266 g/mol. The van der Waals surface area contributed by atoms with Crippen LogP contribution in [0.3, 0.4) is 0 Å². The van der Waals surface area contributed by atoms with E-state index in [4.69, 9.17) is 16.3 Å². The zero-order chi connectivity index (χ0) is 15.0. The third kappa shape index (κ3) is 4.63. The molecule has 2 rings (SSSR count). The second-order valence-corrected chi connectivity index (χ2v) is 4.00. The van der Waals surface area contributed by atoms with E-state index in [1.807, 2.05) is 37.2 Å². The minimum Gasteiger partial charge on any atom is -0.397 e. The van der Waals surface area contributed by atoms with Gasteiger partial charge in [0, 0.05) is 14.1 Å². The lowest BCUT2D eigenvalue weighted by atomic mass is 10.3. The van der Waals surface area contributed by atoms with E-state index in [2.05, 4.69) is 9.97 Å². The average Bonchev–Trinajstić information content (AvgIpc) is 2.49. The second kappa shape index (κ2) is 7.34. The smallest absolute Gasteiger partial charge is 0.140 e. The molecule has 20 heavy (non-hydrogen) atoms. The van der Waals surface area contributed by atoms with Crippen LogP contribution in [-0.2, 0) is 0 Å². The van der Waals surface area contributed by atoms with Gasteiger partial charge in [-0.25, -0.2) is 9.97 Å². The minimum atomic E-state index is 0.393. The summed E-state index contributed by atoms with van der Waals surface area (Å²) in [5.41, 5.74) is 7.74. The molecule has 0 bridgehead atoms. The quantitative estimate of drug-likeness (QED) is 0.840. The third-order valence-corrected chi connectivity index (χ3v) is 2.28. The minimum absolute atomic E-state index is 0.393. The highest BCUT2D eigenvalue weighted by Gasteiger charge is 1.94. The van der Waals surface area contributed by atoms with Crippen LogP contribution in [-0.4, -0.2) is 24.1 Å². The summed E-state index contributed by atoms with van der Waals surface area (Å²) in [6, 6.07) is 10.6. The van der Waals surface area contributed by atoms with Crippen LogP contribution in [0.5, 0.6) is 0 Å². The molecule has 2 N–H and O–H groups in total. The van der Waals surface area contributed by atoms with Gasteiger partial charge in [0.15, 0.2) is 0 Å². The Hall–Kier alpha value is -3.12. The topological polar surface area (TPSA) is 103 Å². The number of nitrogens with zero attached hydrogens (tertiary/aromatic N) is 5. The van der Waals surface area contributed by atoms with Crippen LogP contribution < -0.4 is 10.6 Å². The van der Waals surface area contributed by atoms with Gasteiger partial charge in [0.05, 0.1) is 23.8 Å². The molecule has 0 atom stereocenters. The molecule has 0 aliphatic carbocycles. The van der Waals surface area contributed by atoms with E-state index >= 15 is 0 Å². The third-order valence-electron chi connectivity index (χ3n) is 2.28. The maximum atomic E-state index is 8.44. The summed E-state index contributed by atoms with van der Waals surface area (Å²) < 4.78 is 0. The van der Waals surface area contributed by atoms with E-state index in [9.17, 15) is 0 Å². The molecule has 0 unspecified atom stereocenters. The van der Waals surface area contributed by atoms with Gasteiger partial charge in [0.2, 0.25) is 0 Å². The summed E-state index contributed by atoms with van der Waals surface area (Å²) >= 11 is 0. The number of hydrogen-bond donors (Lipinski definition) is 1. The van der Waals surface area contributed by atoms with Crippen LogP contribution in [0.1, 0.15) is 11.4 Å². The molecule has 0 saturated heterocycles. The van der Waals surface area contributed by atoms with E-state index in [-0.39, 0.29) is 0 Å². The Morgan fingerprint density at radius 2 is 1.50 bits per heavy atom. The summed E-state index contributed by atoms with van der Waals surface area (Å²) in [6.07, 6.45) is 3.14. The first-order chi connectivity index (χ1) is 9.56. The highest BCUT2D eigenvalue weighted by molar-refractivity contribution is 5.44. The van der Waals surface area contributed by atoms with E-state index in [1.54, 1.807) is 24.4 Å². The molecule has 0 amide bonds. The van der Waals surface area contributed by atoms with Gasteiger partial charge in [-0.05, 0) is 24.3 Å². The number of hydrogen-bond acceptors (Lipinski definition) is 6. The Morgan fingerprint density at radius 1 is 0.950 bits per heavy atom. The Bertz CT molecular complexity index is 617. The molecule has 100 valence electrons.